The van der Waals surface area contributed by atoms with Crippen LogP contribution in [0.3, 0.4) is 0 Å². The number of ketones is 1. The lowest BCUT2D eigenvalue weighted by molar-refractivity contribution is -0.140. The van der Waals surface area contributed by atoms with E-state index in [1.807, 2.05) is 13.0 Å². The largest absolute Gasteiger partial charge is 0.507 e. The Balaban J connectivity index is 1.76. The summed E-state index contributed by atoms with van der Waals surface area (Å²) in [5, 5.41) is 11.1. The van der Waals surface area contributed by atoms with Crippen LogP contribution in [-0.4, -0.2) is 38.3 Å². The summed E-state index contributed by atoms with van der Waals surface area (Å²) < 4.78 is 5.59. The van der Waals surface area contributed by atoms with Crippen molar-refractivity contribution in [3.8, 4) is 5.75 Å². The van der Waals surface area contributed by atoms with Gasteiger partial charge in [-0.2, -0.15) is 0 Å². The van der Waals surface area contributed by atoms with E-state index in [1.165, 1.54) is 4.90 Å². The van der Waals surface area contributed by atoms with Gasteiger partial charge in [-0.25, -0.2) is 0 Å². The standard InChI is InChI=1S/C25H23N3O4/c1-2-14-32-20-7-5-19(6-8-20)23(29)21-22(18-9-12-26-13-10-18)28(25(31)24(21)30)16-17-4-3-11-27-15-17/h3-13,15,22,29H,2,14,16H2,1H3/t22-/m0/s1. The number of Topliss-reactive ketones (excluding diaryl/α,β-unsaturated/α-hetero) is 1. The predicted molar refractivity (Wildman–Crippen MR) is 119 cm³/mol. The van der Waals surface area contributed by atoms with Gasteiger partial charge in [0.15, 0.2) is 0 Å². The van der Waals surface area contributed by atoms with Crippen molar-refractivity contribution in [2.45, 2.75) is 25.9 Å². The first-order valence-electron chi connectivity index (χ1n) is 10.4. The predicted octanol–water partition coefficient (Wildman–Crippen LogP) is 3.89. The third-order valence-corrected chi connectivity index (χ3v) is 5.24. The molecule has 0 radical (unpaired) electrons. The lowest BCUT2D eigenvalue weighted by atomic mass is 9.96. The minimum absolute atomic E-state index is 0.0484. The molecular weight excluding hydrogens is 406 g/mol. The topological polar surface area (TPSA) is 92.6 Å². The first-order chi connectivity index (χ1) is 15.6. The molecule has 0 saturated carbocycles. The number of rotatable bonds is 7. The molecule has 7 nitrogen and oxygen atoms in total. The van der Waals surface area contributed by atoms with Gasteiger partial charge in [0, 0.05) is 36.9 Å². The van der Waals surface area contributed by atoms with E-state index >= 15 is 0 Å². The van der Waals surface area contributed by atoms with Gasteiger partial charge >= 0.3 is 0 Å². The molecule has 2 aromatic heterocycles. The molecule has 1 atom stereocenters. The quantitative estimate of drug-likeness (QED) is 0.348. The Kier molecular flexibility index (Phi) is 6.26. The molecule has 1 aliphatic rings. The van der Waals surface area contributed by atoms with E-state index in [9.17, 15) is 14.7 Å². The van der Waals surface area contributed by atoms with Crippen LogP contribution in [0.5, 0.6) is 5.75 Å². The van der Waals surface area contributed by atoms with Crippen LogP contribution in [0.25, 0.3) is 5.76 Å². The number of hydrogen-bond donors (Lipinski definition) is 1. The van der Waals surface area contributed by atoms with Gasteiger partial charge in [-0.05, 0) is 60.0 Å². The molecule has 162 valence electrons. The van der Waals surface area contributed by atoms with E-state index in [0.29, 0.717) is 23.5 Å². The van der Waals surface area contributed by atoms with Crippen molar-refractivity contribution >= 4 is 17.4 Å². The minimum atomic E-state index is -0.741. The molecule has 0 bridgehead atoms. The zero-order valence-corrected chi connectivity index (χ0v) is 17.6. The summed E-state index contributed by atoms with van der Waals surface area (Å²) in [5.74, 6) is -0.938. The molecule has 1 saturated heterocycles. The van der Waals surface area contributed by atoms with E-state index in [2.05, 4.69) is 9.97 Å². The maximum Gasteiger partial charge on any atom is 0.295 e. The van der Waals surface area contributed by atoms with Gasteiger partial charge in [0.25, 0.3) is 11.7 Å². The SMILES string of the molecule is CCCOc1ccc(C(O)=C2C(=O)C(=O)N(Cc3cccnc3)[C@H]2c2ccncc2)cc1. The molecule has 1 fully saturated rings. The van der Waals surface area contributed by atoms with Crippen LogP contribution in [0.4, 0.5) is 0 Å². The van der Waals surface area contributed by atoms with Gasteiger partial charge in [-0.3, -0.25) is 19.6 Å². The van der Waals surface area contributed by atoms with E-state index in [4.69, 9.17) is 4.74 Å². The number of likely N-dealkylation sites (tertiary alicyclic amines) is 1. The minimum Gasteiger partial charge on any atom is -0.507 e. The smallest absolute Gasteiger partial charge is 0.295 e. The third-order valence-electron chi connectivity index (χ3n) is 5.24. The fourth-order valence-corrected chi connectivity index (χ4v) is 3.71. The van der Waals surface area contributed by atoms with Crippen molar-refractivity contribution in [2.75, 3.05) is 6.61 Å². The van der Waals surface area contributed by atoms with E-state index in [0.717, 1.165) is 12.0 Å². The summed E-state index contributed by atoms with van der Waals surface area (Å²) in [6, 6.07) is 13.2. The molecule has 0 spiro atoms. The van der Waals surface area contributed by atoms with Crippen LogP contribution in [0.2, 0.25) is 0 Å². The highest BCUT2D eigenvalue weighted by Crippen LogP contribution is 2.40. The zero-order valence-electron chi connectivity index (χ0n) is 17.6. The summed E-state index contributed by atoms with van der Waals surface area (Å²) in [6.45, 7) is 2.79. The summed E-state index contributed by atoms with van der Waals surface area (Å²) in [6.07, 6.45) is 7.37. The number of aliphatic hydroxyl groups excluding tert-OH is 1. The van der Waals surface area contributed by atoms with Crippen LogP contribution in [0.1, 0.15) is 36.1 Å². The Morgan fingerprint density at radius 2 is 1.78 bits per heavy atom. The fraction of sp³-hybridized carbons (Fsp3) is 0.200. The highest BCUT2D eigenvalue weighted by atomic mass is 16.5. The van der Waals surface area contributed by atoms with Gasteiger partial charge in [0.1, 0.15) is 11.5 Å². The molecule has 1 amide bonds. The van der Waals surface area contributed by atoms with Crippen LogP contribution in [-0.2, 0) is 16.1 Å². The summed E-state index contributed by atoms with van der Waals surface area (Å²) >= 11 is 0. The van der Waals surface area contributed by atoms with Crippen molar-refractivity contribution in [2.24, 2.45) is 0 Å². The molecular formula is C25H23N3O4. The van der Waals surface area contributed by atoms with Crippen molar-refractivity contribution in [3.05, 3.63) is 95.6 Å². The van der Waals surface area contributed by atoms with Gasteiger partial charge in [0.2, 0.25) is 0 Å². The number of benzene rings is 1. The maximum absolute atomic E-state index is 13.0. The van der Waals surface area contributed by atoms with Gasteiger partial charge in [0.05, 0.1) is 18.2 Å². The number of amides is 1. The first-order valence-corrected chi connectivity index (χ1v) is 10.4. The van der Waals surface area contributed by atoms with Crippen molar-refractivity contribution in [1.29, 1.82) is 0 Å². The molecule has 4 rings (SSSR count). The normalized spacial score (nSPS) is 17.5. The third kappa shape index (κ3) is 4.23. The highest BCUT2D eigenvalue weighted by Gasteiger charge is 2.46. The molecule has 1 aromatic carbocycles. The van der Waals surface area contributed by atoms with E-state index in [-0.39, 0.29) is 17.9 Å². The molecule has 0 aliphatic carbocycles. The van der Waals surface area contributed by atoms with Crippen LogP contribution >= 0.6 is 0 Å². The lowest BCUT2D eigenvalue weighted by Gasteiger charge is -2.25. The first kappa shape index (κ1) is 21.2. The number of ether oxygens (including phenoxy) is 1. The molecule has 3 aromatic rings. The van der Waals surface area contributed by atoms with E-state index in [1.54, 1.807) is 67.3 Å². The van der Waals surface area contributed by atoms with Gasteiger partial charge in [-0.15, -0.1) is 0 Å². The van der Waals surface area contributed by atoms with Crippen LogP contribution < -0.4 is 4.74 Å². The van der Waals surface area contributed by atoms with Gasteiger partial charge < -0.3 is 14.7 Å². The molecule has 1 N–H and O–H groups in total. The Labute approximate surface area is 186 Å². The van der Waals surface area contributed by atoms with Crippen molar-refractivity contribution in [3.63, 3.8) is 0 Å². The number of nitrogens with zero attached hydrogens (tertiary/aromatic N) is 3. The number of pyridine rings is 2. The van der Waals surface area contributed by atoms with Crippen molar-refractivity contribution in [1.82, 2.24) is 14.9 Å². The Bertz CT molecular complexity index is 1130. The zero-order chi connectivity index (χ0) is 22.5. The number of hydrogen-bond acceptors (Lipinski definition) is 6. The average molecular weight is 429 g/mol. The molecule has 7 heteroatoms. The number of aliphatic hydroxyl groups is 1. The second kappa shape index (κ2) is 9.43. The number of carbonyl (C=O) groups is 2. The molecule has 1 aliphatic heterocycles. The second-order valence-corrected chi connectivity index (χ2v) is 7.44. The lowest BCUT2D eigenvalue weighted by Crippen LogP contribution is -2.29. The summed E-state index contributed by atoms with van der Waals surface area (Å²) in [5.41, 5.74) is 1.96. The molecule has 32 heavy (non-hydrogen) atoms. The highest BCUT2D eigenvalue weighted by molar-refractivity contribution is 6.46. The maximum atomic E-state index is 13.0. The molecule has 0 unspecified atom stereocenters. The van der Waals surface area contributed by atoms with Crippen LogP contribution in [0, 0.1) is 0 Å². The Morgan fingerprint density at radius 3 is 2.44 bits per heavy atom. The Hall–Kier alpha value is -4.00. The average Bonchev–Trinajstić information content (AvgIpc) is 3.09. The van der Waals surface area contributed by atoms with E-state index < -0.39 is 17.7 Å². The Morgan fingerprint density at radius 1 is 1.03 bits per heavy atom. The summed E-state index contributed by atoms with van der Waals surface area (Å²) in [7, 11) is 0. The number of aromatic nitrogens is 2. The fourth-order valence-electron chi connectivity index (χ4n) is 3.71. The summed E-state index contributed by atoms with van der Waals surface area (Å²) in [4.78, 5) is 35.6. The number of carbonyl (C=O) groups excluding carboxylic acids is 2. The molecule has 3 heterocycles. The monoisotopic (exact) mass is 429 g/mol. The van der Waals surface area contributed by atoms with Crippen LogP contribution in [0.15, 0.2) is 78.9 Å². The second-order valence-electron chi connectivity index (χ2n) is 7.44. The van der Waals surface area contributed by atoms with Gasteiger partial charge in [-0.1, -0.05) is 13.0 Å². The van der Waals surface area contributed by atoms with Crippen molar-refractivity contribution < 1.29 is 19.4 Å².